The summed E-state index contributed by atoms with van der Waals surface area (Å²) in [7, 11) is 0. The number of pyridine rings is 2. The number of ether oxygens (including phenoxy) is 1. The number of aliphatic hydroxyl groups excluding tert-OH is 1. The average molecular weight is 499 g/mol. The Labute approximate surface area is 212 Å². The number of hydrogen-bond donors (Lipinski definition) is 4. The van der Waals surface area contributed by atoms with E-state index < -0.39 is 5.41 Å². The minimum Gasteiger partial charge on any atom is -0.392 e. The first kappa shape index (κ1) is 25.6. The van der Waals surface area contributed by atoms with Crippen LogP contribution in [0.5, 0.6) is 0 Å². The van der Waals surface area contributed by atoms with Crippen LogP contribution in [-0.2, 0) is 4.74 Å². The largest absolute Gasteiger partial charge is 0.392 e. The van der Waals surface area contributed by atoms with Crippen molar-refractivity contribution in [1.29, 1.82) is 5.26 Å². The highest BCUT2D eigenvalue weighted by atomic mass is 35.5. The lowest BCUT2D eigenvalue weighted by atomic mass is 9.82. The molecule has 1 saturated heterocycles. The Kier molecular flexibility index (Phi) is 8.79. The van der Waals surface area contributed by atoms with Gasteiger partial charge in [-0.15, -0.1) is 0 Å². The highest BCUT2D eigenvalue weighted by Gasteiger charge is 2.32. The van der Waals surface area contributed by atoms with Crippen LogP contribution in [0.1, 0.15) is 45.4 Å². The van der Waals surface area contributed by atoms with Gasteiger partial charge in [0.1, 0.15) is 11.6 Å². The zero-order chi connectivity index (χ0) is 24.7. The van der Waals surface area contributed by atoms with Crippen LogP contribution >= 0.6 is 11.6 Å². The molecule has 0 spiro atoms. The average Bonchev–Trinajstić information content (AvgIpc) is 2.89. The zero-order valence-corrected chi connectivity index (χ0v) is 21.0. The SMILES string of the molecule is C[C@H](O)CNC1CCC(Nc2cc(-c3cccc(NCC4(C#N)CCOCC4)n3)c(Cl)cn2)CC1. The summed E-state index contributed by atoms with van der Waals surface area (Å²) < 4.78 is 5.43. The number of aliphatic hydroxyl groups is 1. The topological polar surface area (TPSA) is 115 Å². The van der Waals surface area contributed by atoms with E-state index in [2.05, 4.69) is 27.0 Å². The maximum atomic E-state index is 9.71. The van der Waals surface area contributed by atoms with E-state index in [1.165, 1.54) is 0 Å². The molecule has 0 unspecified atom stereocenters. The summed E-state index contributed by atoms with van der Waals surface area (Å²) >= 11 is 6.51. The standard InChI is InChI=1S/C26H35ClN6O2/c1-18(34)14-29-19-5-7-20(8-6-19)32-25-13-21(22(27)15-30-25)23-3-2-4-24(33-23)31-17-26(16-28)9-11-35-12-10-26/h2-4,13,15,18-20,29,34H,5-12,14,17H2,1H3,(H,30,32)(H,31,33)/t18-,19?,20?/m0/s1. The lowest BCUT2D eigenvalue weighted by molar-refractivity contribution is 0.0455. The van der Waals surface area contributed by atoms with Gasteiger partial charge in [-0.25, -0.2) is 9.97 Å². The Morgan fingerprint density at radius 1 is 1.20 bits per heavy atom. The molecule has 2 fully saturated rings. The van der Waals surface area contributed by atoms with Gasteiger partial charge < -0.3 is 25.8 Å². The number of nitrogens with zero attached hydrogens (tertiary/aromatic N) is 3. The second-order valence-corrected chi connectivity index (χ2v) is 10.2. The molecule has 35 heavy (non-hydrogen) atoms. The van der Waals surface area contributed by atoms with Crippen molar-refractivity contribution in [2.45, 2.75) is 63.6 Å². The van der Waals surface area contributed by atoms with Crippen LogP contribution in [0, 0.1) is 16.7 Å². The smallest absolute Gasteiger partial charge is 0.126 e. The lowest BCUT2D eigenvalue weighted by Crippen LogP contribution is -2.39. The second kappa shape index (κ2) is 12.0. The molecule has 9 heteroatoms. The molecule has 0 bridgehead atoms. The molecule has 1 aliphatic heterocycles. The van der Waals surface area contributed by atoms with E-state index in [1.807, 2.05) is 24.3 Å². The van der Waals surface area contributed by atoms with Crippen LogP contribution in [0.25, 0.3) is 11.3 Å². The van der Waals surface area contributed by atoms with Crippen molar-refractivity contribution in [1.82, 2.24) is 15.3 Å². The van der Waals surface area contributed by atoms with Crippen molar-refractivity contribution >= 4 is 23.2 Å². The molecule has 1 aliphatic carbocycles. The molecule has 4 rings (SSSR count). The number of aromatic nitrogens is 2. The first-order chi connectivity index (χ1) is 17.0. The van der Waals surface area contributed by atoms with Gasteiger partial charge in [0.25, 0.3) is 0 Å². The zero-order valence-electron chi connectivity index (χ0n) is 20.3. The van der Waals surface area contributed by atoms with Crippen LogP contribution in [0.15, 0.2) is 30.5 Å². The Morgan fingerprint density at radius 2 is 1.94 bits per heavy atom. The maximum Gasteiger partial charge on any atom is 0.126 e. The third-order valence-electron chi connectivity index (χ3n) is 6.96. The molecule has 8 nitrogen and oxygen atoms in total. The Morgan fingerprint density at radius 3 is 2.66 bits per heavy atom. The van der Waals surface area contributed by atoms with Crippen molar-refractivity contribution in [3.8, 4) is 17.3 Å². The molecule has 2 aliphatic rings. The van der Waals surface area contributed by atoms with Crippen LogP contribution < -0.4 is 16.0 Å². The van der Waals surface area contributed by atoms with Crippen molar-refractivity contribution in [3.05, 3.63) is 35.5 Å². The highest BCUT2D eigenvalue weighted by Crippen LogP contribution is 2.32. The Hall–Kier alpha value is -2.44. The van der Waals surface area contributed by atoms with Gasteiger partial charge in [-0.05, 0) is 63.6 Å². The summed E-state index contributed by atoms with van der Waals surface area (Å²) in [6, 6.07) is 11.0. The molecule has 2 aromatic rings. The molecule has 0 radical (unpaired) electrons. The first-order valence-electron chi connectivity index (χ1n) is 12.5. The van der Waals surface area contributed by atoms with E-state index >= 15 is 0 Å². The van der Waals surface area contributed by atoms with Crippen molar-refractivity contribution in [3.63, 3.8) is 0 Å². The van der Waals surface area contributed by atoms with E-state index in [1.54, 1.807) is 13.1 Å². The summed E-state index contributed by atoms with van der Waals surface area (Å²) in [6.45, 7) is 4.21. The minimum absolute atomic E-state index is 0.320. The molecule has 3 heterocycles. The predicted octanol–water partition coefficient (Wildman–Crippen LogP) is 4.22. The van der Waals surface area contributed by atoms with Crippen molar-refractivity contribution < 1.29 is 9.84 Å². The van der Waals surface area contributed by atoms with E-state index in [0.29, 0.717) is 49.2 Å². The van der Waals surface area contributed by atoms with E-state index in [4.69, 9.17) is 21.3 Å². The van der Waals surface area contributed by atoms with Gasteiger partial charge in [-0.1, -0.05) is 17.7 Å². The van der Waals surface area contributed by atoms with Gasteiger partial charge in [0, 0.05) is 50.1 Å². The Bertz CT molecular complexity index is 1010. The number of hydrogen-bond acceptors (Lipinski definition) is 8. The van der Waals surface area contributed by atoms with Gasteiger partial charge in [0.05, 0.1) is 28.3 Å². The second-order valence-electron chi connectivity index (χ2n) is 9.77. The summed E-state index contributed by atoms with van der Waals surface area (Å²) in [4.78, 5) is 9.26. The highest BCUT2D eigenvalue weighted by molar-refractivity contribution is 6.33. The molecular formula is C26H35ClN6O2. The lowest BCUT2D eigenvalue weighted by Gasteiger charge is -2.31. The predicted molar refractivity (Wildman–Crippen MR) is 138 cm³/mol. The fourth-order valence-electron chi connectivity index (χ4n) is 4.74. The fraction of sp³-hybridized carbons (Fsp3) is 0.577. The van der Waals surface area contributed by atoms with E-state index in [9.17, 15) is 10.4 Å². The van der Waals surface area contributed by atoms with Gasteiger partial charge >= 0.3 is 0 Å². The van der Waals surface area contributed by atoms with Gasteiger partial charge in [0.15, 0.2) is 0 Å². The summed E-state index contributed by atoms with van der Waals surface area (Å²) in [6.07, 6.45) is 7.01. The quantitative estimate of drug-likeness (QED) is 0.406. The van der Waals surface area contributed by atoms with Gasteiger partial charge in [0.2, 0.25) is 0 Å². The molecule has 1 atom stereocenters. The number of rotatable bonds is 9. The number of anilines is 2. The number of nitrogens with one attached hydrogen (secondary N) is 3. The van der Waals surface area contributed by atoms with Gasteiger partial charge in [-0.2, -0.15) is 5.26 Å². The minimum atomic E-state index is -0.424. The van der Waals surface area contributed by atoms with Crippen molar-refractivity contribution in [2.75, 3.05) is 36.9 Å². The first-order valence-corrected chi connectivity index (χ1v) is 12.9. The van der Waals surface area contributed by atoms with Crippen LogP contribution in [0.4, 0.5) is 11.6 Å². The van der Waals surface area contributed by atoms with Crippen LogP contribution in [-0.4, -0.2) is 59.6 Å². The van der Waals surface area contributed by atoms with Crippen LogP contribution in [0.2, 0.25) is 5.02 Å². The summed E-state index contributed by atoms with van der Waals surface area (Å²) in [5.74, 6) is 1.50. The number of nitriles is 1. The normalized spacial score (nSPS) is 22.7. The van der Waals surface area contributed by atoms with E-state index in [-0.39, 0.29) is 6.10 Å². The summed E-state index contributed by atoms with van der Waals surface area (Å²) in [5, 5.41) is 30.1. The van der Waals surface area contributed by atoms with Crippen molar-refractivity contribution in [2.24, 2.45) is 5.41 Å². The third kappa shape index (κ3) is 7.05. The summed E-state index contributed by atoms with van der Waals surface area (Å²) in [5.41, 5.74) is 1.15. The molecule has 188 valence electrons. The molecule has 1 saturated carbocycles. The molecular weight excluding hydrogens is 464 g/mol. The number of halogens is 1. The fourth-order valence-corrected chi connectivity index (χ4v) is 4.94. The molecule has 4 N–H and O–H groups in total. The molecule has 0 aromatic carbocycles. The molecule has 2 aromatic heterocycles. The molecule has 0 amide bonds. The Balaban J connectivity index is 1.38. The van der Waals surface area contributed by atoms with Crippen LogP contribution in [0.3, 0.4) is 0 Å². The maximum absolute atomic E-state index is 9.71. The third-order valence-corrected chi connectivity index (χ3v) is 7.26. The monoisotopic (exact) mass is 498 g/mol. The van der Waals surface area contributed by atoms with E-state index in [0.717, 1.165) is 55.6 Å². The van der Waals surface area contributed by atoms with Gasteiger partial charge in [-0.3, -0.25) is 0 Å².